The quantitative estimate of drug-likeness (QED) is 0.524. The predicted molar refractivity (Wildman–Crippen MR) is 140 cm³/mol. The molecule has 36 heavy (non-hydrogen) atoms. The van der Waals surface area contributed by atoms with E-state index in [1.54, 1.807) is 30.2 Å². The molecule has 0 saturated carbocycles. The summed E-state index contributed by atoms with van der Waals surface area (Å²) < 4.78 is 37.7. The van der Waals surface area contributed by atoms with E-state index in [0.717, 1.165) is 17.6 Å². The van der Waals surface area contributed by atoms with Crippen molar-refractivity contribution in [3.8, 4) is 11.5 Å². The summed E-state index contributed by atoms with van der Waals surface area (Å²) in [7, 11) is 0.187. The van der Waals surface area contributed by atoms with Crippen LogP contribution in [0.25, 0.3) is 0 Å². The van der Waals surface area contributed by atoms with Gasteiger partial charge in [-0.2, -0.15) is 0 Å². The molecule has 0 radical (unpaired) electrons. The molecule has 2 aromatic carbocycles. The summed E-state index contributed by atoms with van der Waals surface area (Å²) in [6.07, 6.45) is 0.873. The number of fused-ring (bicyclic) bond motifs is 1. The number of ether oxygens (including phenoxy) is 2. The van der Waals surface area contributed by atoms with Gasteiger partial charge in [-0.1, -0.05) is 19.1 Å². The van der Waals surface area contributed by atoms with Crippen molar-refractivity contribution in [2.75, 3.05) is 44.8 Å². The van der Waals surface area contributed by atoms with Gasteiger partial charge < -0.3 is 19.5 Å². The lowest BCUT2D eigenvalue weighted by molar-refractivity contribution is -0.134. The molecule has 10 heteroatoms. The Morgan fingerprint density at radius 3 is 2.56 bits per heavy atom. The molecule has 0 fully saturated rings. The fourth-order valence-electron chi connectivity index (χ4n) is 4.34. The highest BCUT2D eigenvalue weighted by Crippen LogP contribution is 2.29. The number of methoxy groups -OCH3 is 1. The molecule has 1 aliphatic rings. The fourth-order valence-corrected chi connectivity index (χ4v) is 4.89. The predicted octanol–water partition coefficient (Wildman–Crippen LogP) is 2.35. The number of amides is 1. The molecule has 9 nitrogen and oxygen atoms in total. The van der Waals surface area contributed by atoms with Gasteiger partial charge in [0.05, 0.1) is 32.4 Å². The average molecular weight is 520 g/mol. The van der Waals surface area contributed by atoms with Crippen molar-refractivity contribution in [2.45, 2.75) is 39.0 Å². The summed E-state index contributed by atoms with van der Waals surface area (Å²) in [5.41, 5.74) is 2.10. The van der Waals surface area contributed by atoms with Crippen molar-refractivity contribution in [1.82, 2.24) is 9.80 Å². The number of aliphatic hydroxyl groups excluding tert-OH is 1. The first-order chi connectivity index (χ1) is 17.0. The molecular weight excluding hydrogens is 482 g/mol. The number of hydrogen-bond donors (Lipinski definition) is 2. The molecule has 198 valence electrons. The van der Waals surface area contributed by atoms with Gasteiger partial charge in [0.2, 0.25) is 15.9 Å². The smallest absolute Gasteiger partial charge is 0.229 e. The number of benzene rings is 2. The molecule has 0 unspecified atom stereocenters. The number of carbonyl (C=O) groups is 1. The zero-order valence-corrected chi connectivity index (χ0v) is 22.4. The topological polar surface area (TPSA) is 108 Å². The first-order valence-corrected chi connectivity index (χ1v) is 13.9. The van der Waals surface area contributed by atoms with Gasteiger partial charge in [0, 0.05) is 36.8 Å². The molecule has 0 aliphatic carbocycles. The Morgan fingerprint density at radius 1 is 1.25 bits per heavy atom. The lowest BCUT2D eigenvalue weighted by Gasteiger charge is -2.34. The van der Waals surface area contributed by atoms with Crippen molar-refractivity contribution in [1.29, 1.82) is 0 Å². The maximum Gasteiger partial charge on any atom is 0.229 e. The van der Waals surface area contributed by atoms with Crippen LogP contribution in [0.4, 0.5) is 5.69 Å². The van der Waals surface area contributed by atoms with Crippen LogP contribution in [0.15, 0.2) is 42.5 Å². The van der Waals surface area contributed by atoms with Gasteiger partial charge in [-0.05, 0) is 49.9 Å². The second-order valence-electron chi connectivity index (χ2n) is 9.63. The molecule has 3 atom stereocenters. The highest BCUT2D eigenvalue weighted by molar-refractivity contribution is 7.92. The maximum absolute atomic E-state index is 13.2. The number of hydrogen-bond acceptors (Lipinski definition) is 7. The van der Waals surface area contributed by atoms with Crippen LogP contribution in [-0.4, -0.2) is 81.5 Å². The zero-order chi connectivity index (χ0) is 26.5. The van der Waals surface area contributed by atoms with Gasteiger partial charge in [0.1, 0.15) is 17.6 Å². The van der Waals surface area contributed by atoms with Crippen molar-refractivity contribution in [3.05, 3.63) is 53.6 Å². The molecule has 0 spiro atoms. The molecule has 0 aromatic heterocycles. The van der Waals surface area contributed by atoms with Gasteiger partial charge >= 0.3 is 0 Å². The number of rotatable bonds is 9. The Labute approximate surface area is 214 Å². The molecule has 0 saturated heterocycles. The summed E-state index contributed by atoms with van der Waals surface area (Å²) in [4.78, 5) is 17.1. The van der Waals surface area contributed by atoms with Crippen LogP contribution in [0, 0.1) is 5.92 Å². The van der Waals surface area contributed by atoms with Crippen LogP contribution in [0.1, 0.15) is 25.0 Å². The highest BCUT2D eigenvalue weighted by Gasteiger charge is 2.31. The van der Waals surface area contributed by atoms with Gasteiger partial charge in [-0.25, -0.2) is 8.42 Å². The van der Waals surface area contributed by atoms with Gasteiger partial charge in [-0.3, -0.25) is 14.4 Å². The molecule has 3 rings (SSSR count). The largest absolute Gasteiger partial charge is 0.497 e. The average Bonchev–Trinajstić information content (AvgIpc) is 2.86. The molecule has 2 N–H and O–H groups in total. The van der Waals surface area contributed by atoms with Crippen LogP contribution >= 0.6 is 0 Å². The highest BCUT2D eigenvalue weighted by atomic mass is 32.2. The zero-order valence-electron chi connectivity index (χ0n) is 21.6. The second kappa shape index (κ2) is 11.9. The van der Waals surface area contributed by atoms with E-state index < -0.39 is 10.0 Å². The maximum atomic E-state index is 13.2. The monoisotopic (exact) mass is 519 g/mol. The summed E-state index contributed by atoms with van der Waals surface area (Å²) >= 11 is 0. The van der Waals surface area contributed by atoms with E-state index in [-0.39, 0.29) is 37.0 Å². The molecular formula is C26H37N3O6S. The minimum atomic E-state index is -3.47. The van der Waals surface area contributed by atoms with Gasteiger partial charge in [0.25, 0.3) is 0 Å². The number of sulfonamides is 1. The Morgan fingerprint density at radius 2 is 1.94 bits per heavy atom. The third-order valence-corrected chi connectivity index (χ3v) is 6.93. The first kappa shape index (κ1) is 27.8. The van der Waals surface area contributed by atoms with Crippen molar-refractivity contribution in [3.63, 3.8) is 0 Å². The summed E-state index contributed by atoms with van der Waals surface area (Å²) in [6, 6.07) is 12.6. The third-order valence-electron chi connectivity index (χ3n) is 6.32. The van der Waals surface area contributed by atoms with Gasteiger partial charge in [-0.15, -0.1) is 0 Å². The number of anilines is 1. The van der Waals surface area contributed by atoms with E-state index in [1.165, 1.54) is 0 Å². The number of nitrogens with zero attached hydrogens (tertiary/aromatic N) is 2. The van der Waals surface area contributed by atoms with E-state index >= 15 is 0 Å². The van der Waals surface area contributed by atoms with Crippen molar-refractivity contribution < 1.29 is 27.8 Å². The Kier molecular flexibility index (Phi) is 9.21. The van der Waals surface area contributed by atoms with Crippen LogP contribution in [-0.2, 0) is 27.8 Å². The van der Waals surface area contributed by atoms with E-state index in [1.807, 2.05) is 45.2 Å². The molecule has 1 heterocycles. The minimum Gasteiger partial charge on any atom is -0.497 e. The Balaban J connectivity index is 1.88. The van der Waals surface area contributed by atoms with Crippen LogP contribution in [0.3, 0.4) is 0 Å². The standard InChI is InChI=1S/C26H37N3O6S/c1-18-14-29(19(2)17-30)26(31)13-21-12-22(27-36(5,32)33)8-11-24(21)35-25(18)16-28(3)15-20-6-9-23(34-4)10-7-20/h6-12,18-19,25,27,30H,13-17H2,1-5H3/t18-,19+,25-/m1/s1. The normalized spacial score (nSPS) is 19.5. The lowest BCUT2D eigenvalue weighted by atomic mass is 10.0. The molecule has 0 bridgehead atoms. The SMILES string of the molecule is COc1ccc(CN(C)C[C@H]2Oc3ccc(NS(C)(=O)=O)cc3CC(=O)N([C@@H](C)CO)C[C@H]2C)cc1. The second-order valence-corrected chi connectivity index (χ2v) is 11.4. The fraction of sp³-hybridized carbons (Fsp3) is 0.500. The first-order valence-electron chi connectivity index (χ1n) is 12.0. The summed E-state index contributed by atoms with van der Waals surface area (Å²) in [5, 5.41) is 9.78. The lowest BCUT2D eigenvalue weighted by Crippen LogP contribution is -2.47. The van der Waals surface area contributed by atoms with Gasteiger partial charge in [0.15, 0.2) is 0 Å². The number of nitrogens with one attached hydrogen (secondary N) is 1. The number of carbonyl (C=O) groups excluding carboxylic acids is 1. The van der Waals surface area contributed by atoms with Crippen molar-refractivity contribution >= 4 is 21.6 Å². The van der Waals surface area contributed by atoms with Crippen molar-refractivity contribution in [2.24, 2.45) is 5.92 Å². The van der Waals surface area contributed by atoms with E-state index in [0.29, 0.717) is 36.6 Å². The Hall–Kier alpha value is -2.82. The Bertz CT molecular complexity index is 1140. The van der Waals surface area contributed by atoms with Crippen LogP contribution < -0.4 is 14.2 Å². The molecule has 2 aromatic rings. The van der Waals surface area contributed by atoms with E-state index in [9.17, 15) is 18.3 Å². The van der Waals surface area contributed by atoms with E-state index in [4.69, 9.17) is 9.47 Å². The number of likely N-dealkylation sites (N-methyl/N-ethyl adjacent to an activating group) is 1. The summed E-state index contributed by atoms with van der Waals surface area (Å²) in [5.74, 6) is 1.19. The van der Waals surface area contributed by atoms with E-state index in [2.05, 4.69) is 9.62 Å². The minimum absolute atomic E-state index is 0.0268. The third kappa shape index (κ3) is 7.59. The summed E-state index contributed by atoms with van der Waals surface area (Å²) in [6.45, 7) is 5.45. The number of aliphatic hydroxyl groups is 1. The molecule has 1 amide bonds. The molecule has 1 aliphatic heterocycles. The van der Waals surface area contributed by atoms with Crippen LogP contribution in [0.5, 0.6) is 11.5 Å². The van der Waals surface area contributed by atoms with Crippen LogP contribution in [0.2, 0.25) is 0 Å².